The van der Waals surface area contributed by atoms with Crippen molar-refractivity contribution in [3.63, 3.8) is 0 Å². The maximum Gasteiger partial charge on any atom is 0.303 e. The molecule has 0 radical (unpaired) electrons. The minimum absolute atomic E-state index is 0.0286. The Labute approximate surface area is 125 Å². The third kappa shape index (κ3) is 2.92. The minimum atomic E-state index is -0.806. The van der Waals surface area contributed by atoms with Crippen molar-refractivity contribution in [2.45, 2.75) is 19.9 Å². The van der Waals surface area contributed by atoms with Crippen molar-refractivity contribution in [1.82, 2.24) is 20.2 Å². The molecule has 1 N–H and O–H groups in total. The number of nitrogens with zero attached hydrogens (tertiary/aromatic N) is 4. The number of carboxylic acids is 1. The highest BCUT2D eigenvalue weighted by atomic mass is 32.1. The van der Waals surface area contributed by atoms with Crippen molar-refractivity contribution in [3.8, 4) is 10.7 Å². The molecule has 0 aliphatic carbocycles. The van der Waals surface area contributed by atoms with E-state index < -0.39 is 5.97 Å². The highest BCUT2D eigenvalue weighted by Crippen LogP contribution is 2.32. The average molecular weight is 302 g/mol. The van der Waals surface area contributed by atoms with Crippen LogP contribution in [0.3, 0.4) is 0 Å². The number of carbonyl (C=O) groups is 1. The number of fused-ring (bicyclic) bond motifs is 1. The van der Waals surface area contributed by atoms with Gasteiger partial charge in [0.25, 0.3) is 0 Å². The normalized spacial score (nSPS) is 12.6. The average Bonchev–Trinajstić information content (AvgIpc) is 3.02. The molecule has 1 aromatic carbocycles. The van der Waals surface area contributed by atoms with Crippen LogP contribution in [0.5, 0.6) is 0 Å². The quantitative estimate of drug-likeness (QED) is 0.783. The predicted octanol–water partition coefficient (Wildman–Crippen LogP) is 2.67. The van der Waals surface area contributed by atoms with Crippen molar-refractivity contribution in [2.75, 3.05) is 0 Å². The Bertz CT molecular complexity index is 747. The highest BCUT2D eigenvalue weighted by molar-refractivity contribution is 7.22. The third-order valence-corrected chi connectivity index (χ3v) is 4.30. The fourth-order valence-corrected chi connectivity index (χ4v) is 3.31. The number of hydrogen-bond acceptors (Lipinski definition) is 5. The first kappa shape index (κ1) is 13.7. The zero-order valence-corrected chi connectivity index (χ0v) is 12.2. The molecular weight excluding hydrogens is 288 g/mol. The summed E-state index contributed by atoms with van der Waals surface area (Å²) in [4.78, 5) is 11.7. The molecule has 0 bridgehead atoms. The summed E-state index contributed by atoms with van der Waals surface area (Å²) in [5.74, 6) is -0.147. The van der Waals surface area contributed by atoms with Crippen LogP contribution in [0.2, 0.25) is 0 Å². The van der Waals surface area contributed by atoms with E-state index in [0.29, 0.717) is 12.4 Å². The summed E-state index contributed by atoms with van der Waals surface area (Å²) >= 11 is 1.63. The van der Waals surface area contributed by atoms with Crippen molar-refractivity contribution in [3.05, 3.63) is 30.3 Å². The molecule has 3 aromatic rings. The summed E-state index contributed by atoms with van der Waals surface area (Å²) in [7, 11) is 0. The van der Waals surface area contributed by atoms with E-state index in [4.69, 9.17) is 5.11 Å². The molecule has 1 atom stereocenters. The lowest BCUT2D eigenvalue weighted by Crippen LogP contribution is -2.13. The Kier molecular flexibility index (Phi) is 3.66. The zero-order chi connectivity index (χ0) is 14.8. The standard InChI is InChI=1S/C14H14N4O2S/c1-9(6-13(19)20)8-18-14(15-16-17-18)12-7-10-4-2-3-5-11(10)21-12/h2-5,7,9H,6,8H2,1H3,(H,19,20). The summed E-state index contributed by atoms with van der Waals surface area (Å²) in [5, 5.41) is 21.8. The Balaban J connectivity index is 1.89. The number of rotatable bonds is 5. The first-order valence-corrected chi connectivity index (χ1v) is 7.42. The highest BCUT2D eigenvalue weighted by Gasteiger charge is 2.16. The van der Waals surface area contributed by atoms with Gasteiger partial charge in [0.1, 0.15) is 0 Å². The topological polar surface area (TPSA) is 80.9 Å². The van der Waals surface area contributed by atoms with E-state index in [9.17, 15) is 4.79 Å². The molecule has 6 nitrogen and oxygen atoms in total. The van der Waals surface area contributed by atoms with E-state index in [1.165, 1.54) is 4.70 Å². The Morgan fingerprint density at radius 3 is 3.00 bits per heavy atom. The van der Waals surface area contributed by atoms with E-state index in [1.54, 1.807) is 16.0 Å². The smallest absolute Gasteiger partial charge is 0.303 e. The Morgan fingerprint density at radius 1 is 1.43 bits per heavy atom. The number of aromatic nitrogens is 4. The molecule has 108 valence electrons. The van der Waals surface area contributed by atoms with Crippen LogP contribution in [0.25, 0.3) is 20.8 Å². The summed E-state index contributed by atoms with van der Waals surface area (Å²) in [6.07, 6.45) is 0.103. The lowest BCUT2D eigenvalue weighted by Gasteiger charge is -2.08. The molecular formula is C14H14N4O2S. The van der Waals surface area contributed by atoms with Crippen LogP contribution in [0.4, 0.5) is 0 Å². The van der Waals surface area contributed by atoms with Gasteiger partial charge in [-0.2, -0.15) is 0 Å². The van der Waals surface area contributed by atoms with Gasteiger partial charge in [-0.1, -0.05) is 25.1 Å². The lowest BCUT2D eigenvalue weighted by molar-refractivity contribution is -0.138. The summed E-state index contributed by atoms with van der Waals surface area (Å²) < 4.78 is 2.86. The second-order valence-electron chi connectivity index (χ2n) is 5.04. The van der Waals surface area contributed by atoms with E-state index in [0.717, 1.165) is 10.3 Å². The monoisotopic (exact) mass is 302 g/mol. The molecule has 0 aliphatic rings. The second kappa shape index (κ2) is 5.61. The van der Waals surface area contributed by atoms with Crippen LogP contribution >= 0.6 is 11.3 Å². The summed E-state index contributed by atoms with van der Waals surface area (Å²) in [6, 6.07) is 10.2. The fraction of sp³-hybridized carbons (Fsp3) is 0.286. The van der Waals surface area contributed by atoms with Crippen molar-refractivity contribution in [2.24, 2.45) is 5.92 Å². The van der Waals surface area contributed by atoms with Gasteiger partial charge < -0.3 is 5.11 Å². The van der Waals surface area contributed by atoms with Gasteiger partial charge in [-0.05, 0) is 33.9 Å². The zero-order valence-electron chi connectivity index (χ0n) is 11.4. The Hall–Kier alpha value is -2.28. The minimum Gasteiger partial charge on any atom is -0.481 e. The molecule has 2 heterocycles. The van der Waals surface area contributed by atoms with Gasteiger partial charge in [0, 0.05) is 17.7 Å². The van der Waals surface area contributed by atoms with Gasteiger partial charge in [-0.15, -0.1) is 16.4 Å². The van der Waals surface area contributed by atoms with Crippen molar-refractivity contribution >= 4 is 27.4 Å². The molecule has 2 aromatic heterocycles. The van der Waals surface area contributed by atoms with Gasteiger partial charge in [0.05, 0.1) is 4.88 Å². The molecule has 1 unspecified atom stereocenters. The lowest BCUT2D eigenvalue weighted by atomic mass is 10.1. The van der Waals surface area contributed by atoms with Crippen LogP contribution in [0, 0.1) is 5.92 Å². The molecule has 0 saturated carbocycles. The number of hydrogen-bond donors (Lipinski definition) is 1. The molecule has 21 heavy (non-hydrogen) atoms. The maximum absolute atomic E-state index is 10.8. The van der Waals surface area contributed by atoms with Crippen LogP contribution in [-0.4, -0.2) is 31.3 Å². The number of benzene rings is 1. The van der Waals surface area contributed by atoms with Gasteiger partial charge in [-0.3, -0.25) is 4.79 Å². The van der Waals surface area contributed by atoms with Gasteiger partial charge >= 0.3 is 5.97 Å². The SMILES string of the molecule is CC(CC(=O)O)Cn1nnnc1-c1cc2ccccc2s1. The molecule has 0 spiro atoms. The van der Waals surface area contributed by atoms with E-state index in [2.05, 4.69) is 33.7 Å². The van der Waals surface area contributed by atoms with Gasteiger partial charge in [0.2, 0.25) is 0 Å². The first-order valence-electron chi connectivity index (χ1n) is 6.60. The molecule has 0 amide bonds. The molecule has 3 rings (SSSR count). The van der Waals surface area contributed by atoms with E-state index >= 15 is 0 Å². The van der Waals surface area contributed by atoms with E-state index in [-0.39, 0.29) is 12.3 Å². The van der Waals surface area contributed by atoms with E-state index in [1.807, 2.05) is 19.1 Å². The van der Waals surface area contributed by atoms with Crippen molar-refractivity contribution in [1.29, 1.82) is 0 Å². The van der Waals surface area contributed by atoms with Crippen LogP contribution in [-0.2, 0) is 11.3 Å². The summed E-state index contributed by atoms with van der Waals surface area (Å²) in [5.41, 5.74) is 0. The maximum atomic E-state index is 10.8. The number of aliphatic carboxylic acids is 1. The number of tetrazole rings is 1. The third-order valence-electron chi connectivity index (χ3n) is 3.19. The van der Waals surface area contributed by atoms with Gasteiger partial charge in [-0.25, -0.2) is 4.68 Å². The summed E-state index contributed by atoms with van der Waals surface area (Å²) in [6.45, 7) is 2.37. The largest absolute Gasteiger partial charge is 0.481 e. The van der Waals surface area contributed by atoms with Crippen LogP contribution in [0.1, 0.15) is 13.3 Å². The second-order valence-corrected chi connectivity index (χ2v) is 6.12. The first-order chi connectivity index (χ1) is 10.1. The molecule has 0 fully saturated rings. The predicted molar refractivity (Wildman–Crippen MR) is 80.1 cm³/mol. The molecule has 0 aliphatic heterocycles. The van der Waals surface area contributed by atoms with Gasteiger partial charge in [0.15, 0.2) is 5.82 Å². The Morgan fingerprint density at radius 2 is 2.24 bits per heavy atom. The van der Waals surface area contributed by atoms with Crippen LogP contribution in [0.15, 0.2) is 30.3 Å². The molecule has 7 heteroatoms. The number of thiophene rings is 1. The van der Waals surface area contributed by atoms with Crippen molar-refractivity contribution < 1.29 is 9.90 Å². The molecule has 0 saturated heterocycles. The fourth-order valence-electron chi connectivity index (χ4n) is 2.25. The van der Waals surface area contributed by atoms with Crippen LogP contribution < -0.4 is 0 Å². The number of carboxylic acid groups (broad SMARTS) is 1.